The minimum atomic E-state index is 0.787. The van der Waals surface area contributed by atoms with E-state index in [-0.39, 0.29) is 0 Å². The Kier molecular flexibility index (Phi) is 4.18. The van der Waals surface area contributed by atoms with E-state index in [4.69, 9.17) is 4.98 Å². The lowest BCUT2D eigenvalue weighted by atomic mass is 9.87. The lowest BCUT2D eigenvalue weighted by Gasteiger charge is -2.33. The second kappa shape index (κ2) is 6.62. The highest BCUT2D eigenvalue weighted by Crippen LogP contribution is 2.36. The van der Waals surface area contributed by atoms with Crippen LogP contribution in [0, 0.1) is 11.3 Å². The molecule has 0 saturated carbocycles. The Balaban J connectivity index is 1.92. The van der Waals surface area contributed by atoms with E-state index in [0.717, 1.165) is 61.7 Å². The van der Waals surface area contributed by atoms with Gasteiger partial charge in [0.05, 0.1) is 11.3 Å². The standard InChI is InChI=1S/C20H22N4/c21-14-18-16-8-4-5-9-17(16)20(24-12-10-22-11-13-24)23-19(18)15-6-2-1-3-7-15/h1-3,6-7,22H,4-5,8-13H2. The van der Waals surface area contributed by atoms with Crippen LogP contribution < -0.4 is 10.2 Å². The van der Waals surface area contributed by atoms with Gasteiger partial charge in [0.2, 0.25) is 0 Å². The van der Waals surface area contributed by atoms with Gasteiger partial charge in [-0.2, -0.15) is 5.26 Å². The van der Waals surface area contributed by atoms with Gasteiger partial charge in [0.25, 0.3) is 0 Å². The topological polar surface area (TPSA) is 52.0 Å². The summed E-state index contributed by atoms with van der Waals surface area (Å²) in [7, 11) is 0. The summed E-state index contributed by atoms with van der Waals surface area (Å²) in [6.07, 6.45) is 4.41. The highest BCUT2D eigenvalue weighted by Gasteiger charge is 2.26. The van der Waals surface area contributed by atoms with Gasteiger partial charge in [-0.3, -0.25) is 0 Å². The van der Waals surface area contributed by atoms with Gasteiger partial charge in [0.15, 0.2) is 0 Å². The molecule has 2 aliphatic rings. The maximum absolute atomic E-state index is 9.82. The molecule has 24 heavy (non-hydrogen) atoms. The van der Waals surface area contributed by atoms with Crippen molar-refractivity contribution in [3.05, 3.63) is 47.0 Å². The molecular formula is C20H22N4. The normalized spacial score (nSPS) is 17.2. The molecule has 122 valence electrons. The SMILES string of the molecule is N#Cc1c(-c2ccccc2)nc(N2CCNCC2)c2c1CCCC2. The van der Waals surface area contributed by atoms with Crippen molar-refractivity contribution in [3.63, 3.8) is 0 Å². The number of benzene rings is 1. The van der Waals surface area contributed by atoms with Crippen molar-refractivity contribution in [1.82, 2.24) is 10.3 Å². The number of piperazine rings is 1. The first-order valence-corrected chi connectivity index (χ1v) is 8.85. The fourth-order valence-electron chi connectivity index (χ4n) is 3.86. The minimum Gasteiger partial charge on any atom is -0.354 e. The maximum atomic E-state index is 9.82. The van der Waals surface area contributed by atoms with Crippen LogP contribution in [-0.2, 0) is 12.8 Å². The Bertz CT molecular complexity index is 770. The Hall–Kier alpha value is -2.38. The van der Waals surface area contributed by atoms with Crippen LogP contribution >= 0.6 is 0 Å². The molecule has 2 aromatic rings. The van der Waals surface area contributed by atoms with E-state index >= 15 is 0 Å². The molecule has 4 nitrogen and oxygen atoms in total. The third-order valence-corrected chi connectivity index (χ3v) is 5.07. The van der Waals surface area contributed by atoms with E-state index in [0.29, 0.717) is 0 Å². The zero-order valence-corrected chi connectivity index (χ0v) is 13.9. The van der Waals surface area contributed by atoms with Crippen molar-refractivity contribution in [2.45, 2.75) is 25.7 Å². The zero-order valence-electron chi connectivity index (χ0n) is 13.9. The molecule has 1 aromatic heterocycles. The molecule has 1 aliphatic heterocycles. The average molecular weight is 318 g/mol. The summed E-state index contributed by atoms with van der Waals surface area (Å²) in [6, 6.07) is 12.6. The molecule has 0 amide bonds. The first-order valence-electron chi connectivity index (χ1n) is 8.85. The number of pyridine rings is 1. The predicted molar refractivity (Wildman–Crippen MR) is 96.1 cm³/mol. The van der Waals surface area contributed by atoms with Gasteiger partial charge in [0, 0.05) is 31.7 Å². The fourth-order valence-corrected chi connectivity index (χ4v) is 3.86. The van der Waals surface area contributed by atoms with Crippen LogP contribution in [-0.4, -0.2) is 31.2 Å². The number of hydrogen-bond donors (Lipinski definition) is 1. The van der Waals surface area contributed by atoms with Crippen molar-refractivity contribution >= 4 is 5.82 Å². The van der Waals surface area contributed by atoms with E-state index in [1.54, 1.807) is 0 Å². The van der Waals surface area contributed by atoms with Crippen molar-refractivity contribution in [3.8, 4) is 17.3 Å². The van der Waals surface area contributed by atoms with Crippen molar-refractivity contribution in [2.75, 3.05) is 31.1 Å². The number of nitrogens with one attached hydrogen (secondary N) is 1. The van der Waals surface area contributed by atoms with Gasteiger partial charge in [-0.15, -0.1) is 0 Å². The lowest BCUT2D eigenvalue weighted by Crippen LogP contribution is -2.44. The number of anilines is 1. The summed E-state index contributed by atoms with van der Waals surface area (Å²) in [5, 5.41) is 13.2. The third kappa shape index (κ3) is 2.65. The van der Waals surface area contributed by atoms with Gasteiger partial charge in [-0.1, -0.05) is 30.3 Å². The first kappa shape index (κ1) is 15.2. The van der Waals surface area contributed by atoms with Gasteiger partial charge >= 0.3 is 0 Å². The molecule has 1 saturated heterocycles. The number of hydrogen-bond acceptors (Lipinski definition) is 4. The van der Waals surface area contributed by atoms with Crippen LogP contribution in [0.1, 0.15) is 29.5 Å². The average Bonchev–Trinajstić information content (AvgIpc) is 2.68. The molecule has 1 fully saturated rings. The van der Waals surface area contributed by atoms with E-state index in [1.165, 1.54) is 24.0 Å². The Morgan fingerprint density at radius 1 is 1.00 bits per heavy atom. The molecule has 0 radical (unpaired) electrons. The first-order chi connectivity index (χ1) is 11.9. The fraction of sp³-hybridized carbons (Fsp3) is 0.400. The smallest absolute Gasteiger partial charge is 0.132 e. The van der Waals surface area contributed by atoms with Crippen molar-refractivity contribution in [2.24, 2.45) is 0 Å². The quantitative estimate of drug-likeness (QED) is 0.925. The molecule has 0 unspecified atom stereocenters. The Morgan fingerprint density at radius 2 is 1.71 bits per heavy atom. The van der Waals surface area contributed by atoms with Gasteiger partial charge in [-0.05, 0) is 36.8 Å². The summed E-state index contributed by atoms with van der Waals surface area (Å²) < 4.78 is 0. The largest absolute Gasteiger partial charge is 0.354 e. The molecule has 1 aliphatic carbocycles. The lowest BCUT2D eigenvalue weighted by molar-refractivity contribution is 0.579. The van der Waals surface area contributed by atoms with Crippen LogP contribution in [0.3, 0.4) is 0 Å². The number of nitriles is 1. The highest BCUT2D eigenvalue weighted by atomic mass is 15.2. The summed E-state index contributed by atoms with van der Waals surface area (Å²) in [5.74, 6) is 1.11. The van der Waals surface area contributed by atoms with Crippen LogP contribution in [0.4, 0.5) is 5.82 Å². The Morgan fingerprint density at radius 3 is 2.42 bits per heavy atom. The molecule has 0 atom stereocenters. The molecule has 0 bridgehead atoms. The molecule has 1 N–H and O–H groups in total. The highest BCUT2D eigenvalue weighted by molar-refractivity contribution is 5.73. The summed E-state index contributed by atoms with van der Waals surface area (Å²) >= 11 is 0. The predicted octanol–water partition coefficient (Wildman–Crippen LogP) is 2.91. The third-order valence-electron chi connectivity index (χ3n) is 5.07. The zero-order chi connectivity index (χ0) is 16.4. The Labute approximate surface area is 143 Å². The van der Waals surface area contributed by atoms with Gasteiger partial charge in [-0.25, -0.2) is 4.98 Å². The second-order valence-electron chi connectivity index (χ2n) is 6.54. The number of nitrogens with zero attached hydrogens (tertiary/aromatic N) is 3. The van der Waals surface area contributed by atoms with Crippen LogP contribution in [0.2, 0.25) is 0 Å². The van der Waals surface area contributed by atoms with E-state index in [1.807, 2.05) is 18.2 Å². The van der Waals surface area contributed by atoms with Crippen molar-refractivity contribution in [1.29, 1.82) is 5.26 Å². The van der Waals surface area contributed by atoms with Gasteiger partial charge in [0.1, 0.15) is 11.9 Å². The second-order valence-corrected chi connectivity index (χ2v) is 6.54. The molecule has 0 spiro atoms. The van der Waals surface area contributed by atoms with E-state index in [9.17, 15) is 5.26 Å². The number of fused-ring (bicyclic) bond motifs is 1. The van der Waals surface area contributed by atoms with E-state index < -0.39 is 0 Å². The van der Waals surface area contributed by atoms with E-state index in [2.05, 4.69) is 28.4 Å². The van der Waals surface area contributed by atoms with Crippen LogP contribution in [0.15, 0.2) is 30.3 Å². The van der Waals surface area contributed by atoms with Gasteiger partial charge < -0.3 is 10.2 Å². The molecular weight excluding hydrogens is 296 g/mol. The molecule has 2 heterocycles. The van der Waals surface area contributed by atoms with Crippen LogP contribution in [0.5, 0.6) is 0 Å². The summed E-state index contributed by atoms with van der Waals surface area (Å²) in [4.78, 5) is 7.42. The molecule has 4 rings (SSSR count). The number of aromatic nitrogens is 1. The van der Waals surface area contributed by atoms with Crippen LogP contribution in [0.25, 0.3) is 11.3 Å². The molecule has 1 aromatic carbocycles. The maximum Gasteiger partial charge on any atom is 0.132 e. The molecule has 4 heteroatoms. The minimum absolute atomic E-state index is 0.787. The summed E-state index contributed by atoms with van der Waals surface area (Å²) in [6.45, 7) is 3.97. The monoisotopic (exact) mass is 318 g/mol. The summed E-state index contributed by atoms with van der Waals surface area (Å²) in [5.41, 5.74) is 5.24. The number of rotatable bonds is 2. The van der Waals surface area contributed by atoms with Crippen molar-refractivity contribution < 1.29 is 0 Å².